The smallest absolute Gasteiger partial charge is 0.147 e. The maximum Gasteiger partial charge on any atom is 0.147 e. The van der Waals surface area contributed by atoms with Crippen molar-refractivity contribution in [3.63, 3.8) is 0 Å². The molecule has 0 fully saturated rings. The number of hydrogen-bond donors (Lipinski definition) is 1. The van der Waals surface area contributed by atoms with Crippen LogP contribution in [0.3, 0.4) is 0 Å². The van der Waals surface area contributed by atoms with E-state index in [-0.39, 0.29) is 5.56 Å². The van der Waals surface area contributed by atoms with Gasteiger partial charge in [-0.2, -0.15) is 5.26 Å². The monoisotopic (exact) mass is 202 g/mol. The molecule has 0 aromatic heterocycles. The van der Waals surface area contributed by atoms with E-state index in [4.69, 9.17) is 11.7 Å². The molecule has 0 spiro atoms. The van der Waals surface area contributed by atoms with Crippen molar-refractivity contribution in [2.45, 2.75) is 19.4 Å². The fourth-order valence-electron chi connectivity index (χ4n) is 1.06. The van der Waals surface area contributed by atoms with Crippen LogP contribution >= 0.6 is 0 Å². The van der Waals surface area contributed by atoms with Gasteiger partial charge in [-0.1, -0.05) is 5.92 Å². The first-order valence-electron chi connectivity index (χ1n) is 4.44. The van der Waals surface area contributed by atoms with Crippen LogP contribution in [0.5, 0.6) is 0 Å². The van der Waals surface area contributed by atoms with Gasteiger partial charge >= 0.3 is 0 Å². The molecule has 15 heavy (non-hydrogen) atoms. The Morgan fingerprint density at radius 2 is 2.13 bits per heavy atom. The molecule has 0 aliphatic heterocycles. The summed E-state index contributed by atoms with van der Waals surface area (Å²) < 4.78 is 13.4. The van der Waals surface area contributed by atoms with Crippen LogP contribution in [0.25, 0.3) is 0 Å². The van der Waals surface area contributed by atoms with E-state index in [1.165, 1.54) is 18.2 Å². The zero-order valence-corrected chi connectivity index (χ0v) is 8.63. The Morgan fingerprint density at radius 3 is 2.60 bits per heavy atom. The first kappa shape index (κ1) is 11.1. The molecule has 76 valence electrons. The number of hydrogen-bond acceptors (Lipinski definition) is 2. The second kappa shape index (κ2) is 4.02. The van der Waals surface area contributed by atoms with Crippen molar-refractivity contribution in [1.29, 1.82) is 5.26 Å². The number of halogens is 1. The zero-order valence-electron chi connectivity index (χ0n) is 8.63. The van der Waals surface area contributed by atoms with E-state index in [0.29, 0.717) is 5.69 Å². The number of nitriles is 1. The number of nitrogens with one attached hydrogen (secondary N) is 1. The summed E-state index contributed by atoms with van der Waals surface area (Å²) in [6.45, 7) is 3.54. The number of anilines is 1. The van der Waals surface area contributed by atoms with E-state index in [1.54, 1.807) is 13.8 Å². The first-order chi connectivity index (χ1) is 6.98. The van der Waals surface area contributed by atoms with Gasteiger partial charge < -0.3 is 5.32 Å². The van der Waals surface area contributed by atoms with E-state index in [1.807, 2.05) is 6.07 Å². The average Bonchev–Trinajstić information content (AvgIpc) is 2.21. The van der Waals surface area contributed by atoms with E-state index in [2.05, 4.69) is 11.2 Å². The van der Waals surface area contributed by atoms with Gasteiger partial charge in [0.2, 0.25) is 0 Å². The minimum atomic E-state index is -0.616. The summed E-state index contributed by atoms with van der Waals surface area (Å²) in [6.07, 6.45) is 5.27. The molecular formula is C12H11FN2. The van der Waals surface area contributed by atoms with E-state index >= 15 is 0 Å². The van der Waals surface area contributed by atoms with Crippen LogP contribution in [0.2, 0.25) is 0 Å². The van der Waals surface area contributed by atoms with E-state index < -0.39 is 11.4 Å². The minimum absolute atomic E-state index is 0.288. The SMILES string of the molecule is C#CC(C)(C)Nc1ccc(C#N)cc1F. The van der Waals surface area contributed by atoms with E-state index in [0.717, 1.165) is 0 Å². The van der Waals surface area contributed by atoms with Crippen LogP contribution in [0, 0.1) is 29.5 Å². The van der Waals surface area contributed by atoms with E-state index in [9.17, 15) is 4.39 Å². The fraction of sp³-hybridized carbons (Fsp3) is 0.250. The van der Waals surface area contributed by atoms with Crippen molar-refractivity contribution in [1.82, 2.24) is 0 Å². The molecule has 0 saturated carbocycles. The zero-order chi connectivity index (χ0) is 11.5. The van der Waals surface area contributed by atoms with Gasteiger partial charge in [-0.3, -0.25) is 0 Å². The molecule has 0 saturated heterocycles. The van der Waals surface area contributed by atoms with Gasteiger partial charge in [0.05, 0.1) is 22.9 Å². The summed E-state index contributed by atoms with van der Waals surface area (Å²) in [7, 11) is 0. The quantitative estimate of drug-likeness (QED) is 0.748. The number of rotatable bonds is 2. The molecule has 0 atom stereocenters. The lowest BCUT2D eigenvalue weighted by atomic mass is 10.1. The lowest BCUT2D eigenvalue weighted by Crippen LogP contribution is -2.28. The second-order valence-corrected chi connectivity index (χ2v) is 3.70. The maximum absolute atomic E-state index is 13.4. The third-order valence-electron chi connectivity index (χ3n) is 1.91. The van der Waals surface area contributed by atoms with Crippen LogP contribution in [0.4, 0.5) is 10.1 Å². The Kier molecular flexibility index (Phi) is 2.97. The predicted molar refractivity (Wildman–Crippen MR) is 57.6 cm³/mol. The summed E-state index contributed by atoms with van der Waals surface area (Å²) in [5, 5.41) is 11.4. The van der Waals surface area contributed by atoms with Crippen molar-refractivity contribution >= 4 is 5.69 Å². The Labute approximate surface area is 88.7 Å². The Morgan fingerprint density at radius 1 is 1.47 bits per heavy atom. The van der Waals surface area contributed by atoms with Crippen molar-refractivity contribution in [3.05, 3.63) is 29.6 Å². The van der Waals surface area contributed by atoms with Crippen LogP contribution < -0.4 is 5.32 Å². The largest absolute Gasteiger partial charge is 0.367 e. The molecule has 3 heteroatoms. The van der Waals surface area contributed by atoms with Crippen LogP contribution in [-0.4, -0.2) is 5.54 Å². The Bertz CT molecular complexity index is 450. The van der Waals surface area contributed by atoms with Gasteiger partial charge in [-0.25, -0.2) is 4.39 Å². The highest BCUT2D eigenvalue weighted by molar-refractivity contribution is 5.51. The summed E-state index contributed by atoms with van der Waals surface area (Å²) >= 11 is 0. The predicted octanol–water partition coefficient (Wildman–Crippen LogP) is 2.52. The van der Waals surface area contributed by atoms with Gasteiger partial charge in [-0.05, 0) is 32.0 Å². The van der Waals surface area contributed by atoms with Gasteiger partial charge in [0, 0.05) is 0 Å². The van der Waals surface area contributed by atoms with Gasteiger partial charge in [0.25, 0.3) is 0 Å². The summed E-state index contributed by atoms with van der Waals surface area (Å²) in [6, 6.07) is 6.09. The van der Waals surface area contributed by atoms with Crippen LogP contribution in [-0.2, 0) is 0 Å². The van der Waals surface area contributed by atoms with Gasteiger partial charge in [0.1, 0.15) is 5.82 Å². The van der Waals surface area contributed by atoms with Crippen molar-refractivity contribution in [3.8, 4) is 18.4 Å². The van der Waals surface area contributed by atoms with Gasteiger partial charge in [0.15, 0.2) is 0 Å². The molecular weight excluding hydrogens is 191 g/mol. The molecule has 0 unspecified atom stereocenters. The average molecular weight is 202 g/mol. The van der Waals surface area contributed by atoms with Crippen molar-refractivity contribution < 1.29 is 4.39 Å². The molecule has 1 rings (SSSR count). The molecule has 1 aromatic rings. The summed E-state index contributed by atoms with van der Waals surface area (Å²) in [5.41, 5.74) is -0.0249. The lowest BCUT2D eigenvalue weighted by Gasteiger charge is -2.21. The molecule has 0 aliphatic rings. The standard InChI is InChI=1S/C12H11FN2/c1-4-12(2,3)15-11-6-5-9(8-14)7-10(11)13/h1,5-7,15H,2-3H3. The number of benzene rings is 1. The molecule has 1 N–H and O–H groups in total. The highest BCUT2D eigenvalue weighted by Crippen LogP contribution is 2.19. The summed E-state index contributed by atoms with van der Waals surface area (Å²) in [4.78, 5) is 0. The second-order valence-electron chi connectivity index (χ2n) is 3.70. The normalized spacial score (nSPS) is 10.2. The molecule has 0 heterocycles. The molecule has 0 amide bonds. The third kappa shape index (κ3) is 2.72. The Hall–Kier alpha value is -2.00. The Balaban J connectivity index is 3.00. The van der Waals surface area contributed by atoms with Crippen molar-refractivity contribution in [2.75, 3.05) is 5.32 Å². The molecule has 2 nitrogen and oxygen atoms in total. The number of terminal acetylenes is 1. The molecule has 0 radical (unpaired) electrons. The van der Waals surface area contributed by atoms with Crippen molar-refractivity contribution in [2.24, 2.45) is 0 Å². The summed E-state index contributed by atoms with van der Waals surface area (Å²) in [5.74, 6) is 2.03. The molecule has 0 bridgehead atoms. The lowest BCUT2D eigenvalue weighted by molar-refractivity contribution is 0.621. The topological polar surface area (TPSA) is 35.8 Å². The molecule has 0 aliphatic carbocycles. The highest BCUT2D eigenvalue weighted by Gasteiger charge is 2.15. The molecule has 1 aromatic carbocycles. The van der Waals surface area contributed by atoms with Crippen LogP contribution in [0.15, 0.2) is 18.2 Å². The number of nitrogens with zero attached hydrogens (tertiary/aromatic N) is 1. The highest BCUT2D eigenvalue weighted by atomic mass is 19.1. The first-order valence-corrected chi connectivity index (χ1v) is 4.44. The van der Waals surface area contributed by atoms with Crippen LogP contribution in [0.1, 0.15) is 19.4 Å². The maximum atomic E-state index is 13.4. The minimum Gasteiger partial charge on any atom is -0.367 e. The van der Waals surface area contributed by atoms with Gasteiger partial charge in [-0.15, -0.1) is 6.42 Å². The fourth-order valence-corrected chi connectivity index (χ4v) is 1.06. The third-order valence-corrected chi connectivity index (χ3v) is 1.91.